The fraction of sp³-hybridized carbons (Fsp3) is 0.440. The van der Waals surface area contributed by atoms with Crippen LogP contribution in [0.4, 0.5) is 0 Å². The van der Waals surface area contributed by atoms with Crippen molar-refractivity contribution in [2.24, 2.45) is 0 Å². The van der Waals surface area contributed by atoms with Gasteiger partial charge in [-0.05, 0) is 56.0 Å². The Hall–Kier alpha value is -2.90. The molecule has 0 aliphatic carbocycles. The summed E-state index contributed by atoms with van der Waals surface area (Å²) in [6.45, 7) is 8.05. The van der Waals surface area contributed by atoms with Crippen molar-refractivity contribution in [3.63, 3.8) is 0 Å². The molecule has 170 valence electrons. The van der Waals surface area contributed by atoms with Crippen LogP contribution in [0.25, 0.3) is 11.1 Å². The highest BCUT2D eigenvalue weighted by molar-refractivity contribution is 5.87. The number of hydrogen-bond acceptors (Lipinski definition) is 6. The quantitative estimate of drug-likeness (QED) is 0.562. The third kappa shape index (κ3) is 4.36. The Balaban J connectivity index is 1.71. The van der Waals surface area contributed by atoms with Crippen LogP contribution in [0, 0.1) is 13.8 Å². The van der Waals surface area contributed by atoms with Gasteiger partial charge in [-0.25, -0.2) is 9.78 Å². The molecule has 4 rings (SSSR count). The van der Waals surface area contributed by atoms with Crippen LogP contribution in [-0.2, 0) is 11.3 Å². The predicted molar refractivity (Wildman–Crippen MR) is 121 cm³/mol. The number of carbonyl (C=O) groups is 1. The molecule has 0 saturated carbocycles. The molecule has 0 bridgehead atoms. The molecule has 1 aliphatic rings. The average Bonchev–Trinajstić information content (AvgIpc) is 3.19. The van der Waals surface area contributed by atoms with Gasteiger partial charge in [0.1, 0.15) is 11.3 Å². The molecule has 2 aromatic carbocycles. The van der Waals surface area contributed by atoms with E-state index in [0.717, 1.165) is 52.9 Å². The number of oxazole rings is 1. The molecule has 1 aliphatic heterocycles. The van der Waals surface area contributed by atoms with Crippen LogP contribution in [0.15, 0.2) is 34.7 Å². The van der Waals surface area contributed by atoms with Gasteiger partial charge in [-0.2, -0.15) is 0 Å². The van der Waals surface area contributed by atoms with Gasteiger partial charge in [-0.15, -0.1) is 0 Å². The maximum Gasteiger partial charge on any atom is 0.335 e. The topological polar surface area (TPSA) is 85.0 Å². The van der Waals surface area contributed by atoms with Crippen LogP contribution in [0.3, 0.4) is 0 Å². The Labute approximate surface area is 188 Å². The Bertz CT molecular complexity index is 1110. The molecule has 1 aromatic heterocycles. The zero-order valence-corrected chi connectivity index (χ0v) is 19.1. The molecular weight excluding hydrogens is 408 g/mol. The summed E-state index contributed by atoms with van der Waals surface area (Å²) in [6.07, 6.45) is 1.95. The fourth-order valence-electron chi connectivity index (χ4n) is 4.65. The Morgan fingerprint density at radius 2 is 2.03 bits per heavy atom. The van der Waals surface area contributed by atoms with Crippen LogP contribution in [0.2, 0.25) is 0 Å². The van der Waals surface area contributed by atoms with Gasteiger partial charge in [0.25, 0.3) is 0 Å². The van der Waals surface area contributed by atoms with Crippen molar-refractivity contribution in [2.45, 2.75) is 52.3 Å². The molecule has 1 saturated heterocycles. The number of fused-ring (bicyclic) bond motifs is 1. The van der Waals surface area contributed by atoms with Gasteiger partial charge in [0.2, 0.25) is 0 Å². The largest absolute Gasteiger partial charge is 0.496 e. The van der Waals surface area contributed by atoms with Gasteiger partial charge < -0.3 is 19.0 Å². The number of aromatic carboxylic acids is 1. The van der Waals surface area contributed by atoms with Crippen LogP contribution >= 0.6 is 0 Å². The molecule has 0 unspecified atom stereocenters. The van der Waals surface area contributed by atoms with Gasteiger partial charge in [-0.3, -0.25) is 4.90 Å². The van der Waals surface area contributed by atoms with E-state index in [0.29, 0.717) is 19.0 Å². The number of rotatable bonds is 7. The lowest BCUT2D eigenvalue weighted by molar-refractivity contribution is -0.0138. The lowest BCUT2D eigenvalue weighted by atomic mass is 9.92. The number of hydrogen-bond donors (Lipinski definition) is 1. The normalized spacial score (nSPS) is 19.4. The molecule has 7 nitrogen and oxygen atoms in total. The van der Waals surface area contributed by atoms with Crippen LogP contribution < -0.4 is 4.74 Å². The molecule has 0 spiro atoms. The monoisotopic (exact) mass is 438 g/mol. The van der Waals surface area contributed by atoms with Gasteiger partial charge in [0.15, 0.2) is 11.5 Å². The van der Waals surface area contributed by atoms with Crippen LogP contribution in [-0.4, -0.2) is 47.3 Å². The number of piperidine rings is 1. The summed E-state index contributed by atoms with van der Waals surface area (Å²) < 4.78 is 17.7. The van der Waals surface area contributed by atoms with E-state index in [1.54, 1.807) is 19.2 Å². The molecule has 2 heterocycles. The number of ether oxygens (including phenoxy) is 2. The van der Waals surface area contributed by atoms with Gasteiger partial charge in [0.05, 0.1) is 24.3 Å². The van der Waals surface area contributed by atoms with Crippen molar-refractivity contribution < 1.29 is 23.8 Å². The summed E-state index contributed by atoms with van der Waals surface area (Å²) >= 11 is 0. The lowest BCUT2D eigenvalue weighted by Crippen LogP contribution is -2.39. The first kappa shape index (κ1) is 22.3. The summed E-state index contributed by atoms with van der Waals surface area (Å²) in [5.74, 6) is 0.503. The summed E-state index contributed by atoms with van der Waals surface area (Å²) in [6, 6.07) is 9.28. The highest BCUT2D eigenvalue weighted by Gasteiger charge is 2.32. The van der Waals surface area contributed by atoms with E-state index in [-0.39, 0.29) is 17.7 Å². The van der Waals surface area contributed by atoms with E-state index in [2.05, 4.69) is 9.88 Å². The molecule has 3 aromatic rings. The lowest BCUT2D eigenvalue weighted by Gasteiger charge is -2.40. The summed E-state index contributed by atoms with van der Waals surface area (Å²) in [5.41, 5.74) is 5.01. The molecule has 0 radical (unpaired) electrons. The molecule has 32 heavy (non-hydrogen) atoms. The van der Waals surface area contributed by atoms with Gasteiger partial charge >= 0.3 is 5.97 Å². The number of aryl methyl sites for hydroxylation is 2. The number of aromatic nitrogens is 1. The minimum absolute atomic E-state index is 0.0909. The second-order valence-corrected chi connectivity index (χ2v) is 8.30. The van der Waals surface area contributed by atoms with Crippen molar-refractivity contribution in [3.8, 4) is 5.75 Å². The minimum Gasteiger partial charge on any atom is -0.496 e. The zero-order valence-electron chi connectivity index (χ0n) is 19.1. The predicted octanol–water partition coefficient (Wildman–Crippen LogP) is 4.89. The van der Waals surface area contributed by atoms with E-state index in [1.165, 1.54) is 0 Å². The highest BCUT2D eigenvalue weighted by atomic mass is 16.5. The average molecular weight is 439 g/mol. The number of benzene rings is 2. The van der Waals surface area contributed by atoms with Gasteiger partial charge in [0, 0.05) is 32.7 Å². The Morgan fingerprint density at radius 1 is 1.28 bits per heavy atom. The van der Waals surface area contributed by atoms with E-state index >= 15 is 0 Å². The minimum atomic E-state index is -0.920. The maximum atomic E-state index is 11.3. The summed E-state index contributed by atoms with van der Waals surface area (Å²) in [4.78, 5) is 18.3. The number of methoxy groups -OCH3 is 1. The molecular formula is C25H30N2O5. The maximum absolute atomic E-state index is 11.3. The first-order chi connectivity index (χ1) is 15.4. The number of carboxylic acids is 1. The third-order valence-electron chi connectivity index (χ3n) is 6.22. The fourth-order valence-corrected chi connectivity index (χ4v) is 4.65. The zero-order chi connectivity index (χ0) is 22.8. The third-order valence-corrected chi connectivity index (χ3v) is 6.22. The molecule has 2 atom stereocenters. The number of likely N-dealkylation sites (tertiary alicyclic amines) is 1. The number of carboxylic acid groups (broad SMARTS) is 1. The second-order valence-electron chi connectivity index (χ2n) is 8.30. The van der Waals surface area contributed by atoms with Crippen molar-refractivity contribution in [1.82, 2.24) is 9.88 Å². The van der Waals surface area contributed by atoms with Crippen molar-refractivity contribution in [1.29, 1.82) is 0 Å². The second kappa shape index (κ2) is 9.30. The van der Waals surface area contributed by atoms with E-state index in [1.807, 2.05) is 39.0 Å². The molecule has 7 heteroatoms. The Kier molecular flexibility index (Phi) is 6.48. The van der Waals surface area contributed by atoms with Crippen LogP contribution in [0.1, 0.15) is 58.7 Å². The number of nitrogens with zero attached hydrogens (tertiary/aromatic N) is 2. The molecule has 0 amide bonds. The van der Waals surface area contributed by atoms with E-state index in [9.17, 15) is 9.90 Å². The smallest absolute Gasteiger partial charge is 0.335 e. The van der Waals surface area contributed by atoms with E-state index in [4.69, 9.17) is 13.9 Å². The first-order valence-electron chi connectivity index (χ1n) is 11.0. The van der Waals surface area contributed by atoms with Crippen molar-refractivity contribution in [3.05, 3.63) is 58.5 Å². The SMILES string of the molecule is CCO[C@H]1CCN(Cc2c(OC)cc(C)c3nc(C)oc23)[C@H](c2ccc(C(=O)O)cc2)C1. The van der Waals surface area contributed by atoms with Crippen LogP contribution in [0.5, 0.6) is 5.75 Å². The first-order valence-corrected chi connectivity index (χ1v) is 11.0. The standard InChI is InChI=1S/C25H30N2O5/c1-5-31-19-10-11-27(21(13-19)17-6-8-18(9-7-17)25(28)29)14-20-22(30-4)12-15(2)23-24(20)32-16(3)26-23/h6-9,12,19,21H,5,10-11,13-14H2,1-4H3,(H,28,29)/t19-,21-/m0/s1. The highest BCUT2D eigenvalue weighted by Crippen LogP contribution is 2.38. The van der Waals surface area contributed by atoms with Crippen molar-refractivity contribution >= 4 is 17.1 Å². The molecule has 1 N–H and O–H groups in total. The molecule has 1 fully saturated rings. The van der Waals surface area contributed by atoms with E-state index < -0.39 is 5.97 Å². The summed E-state index contributed by atoms with van der Waals surface area (Å²) in [5, 5.41) is 9.27. The van der Waals surface area contributed by atoms with Crippen molar-refractivity contribution in [2.75, 3.05) is 20.3 Å². The van der Waals surface area contributed by atoms with Gasteiger partial charge in [-0.1, -0.05) is 12.1 Å². The Morgan fingerprint density at radius 3 is 2.69 bits per heavy atom. The summed E-state index contributed by atoms with van der Waals surface area (Å²) in [7, 11) is 1.68.